The number of carbonyl (C=O) groups is 4. The summed E-state index contributed by atoms with van der Waals surface area (Å²) in [5.74, 6) is -4.74. The van der Waals surface area contributed by atoms with Crippen molar-refractivity contribution < 1.29 is 38.9 Å². The smallest absolute Gasteiger partial charge is 0.322 e. The number of carbonyl (C=O) groups excluding carboxylic acids is 2. The molecule has 0 aromatic heterocycles. The summed E-state index contributed by atoms with van der Waals surface area (Å²) >= 11 is 0.985. The summed E-state index contributed by atoms with van der Waals surface area (Å²) in [7, 11) is 1.51. The van der Waals surface area contributed by atoms with Crippen LogP contribution < -0.4 is 16.4 Å². The Bertz CT molecular complexity index is 767. The maximum Gasteiger partial charge on any atom is 0.322 e. The number of carboxylic acids is 2. The molecule has 0 unspecified atom stereocenters. The molecule has 1 aliphatic carbocycles. The zero-order valence-corrected chi connectivity index (χ0v) is 18.6. The molecule has 1 rings (SSSR count). The van der Waals surface area contributed by atoms with Crippen LogP contribution in [-0.4, -0.2) is 83.6 Å². The van der Waals surface area contributed by atoms with Gasteiger partial charge < -0.3 is 36.1 Å². The van der Waals surface area contributed by atoms with Crippen LogP contribution in [0.25, 0.3) is 0 Å². The second-order valence-electron chi connectivity index (χ2n) is 6.55. The number of aliphatic carboxylic acids is 2. The molecule has 0 heterocycles. The van der Waals surface area contributed by atoms with Crippen LogP contribution >= 0.6 is 11.9 Å². The lowest BCUT2D eigenvalue weighted by molar-refractivity contribution is -0.150. The molecule has 0 radical (unpaired) electrons. The molecule has 178 valence electrons. The lowest BCUT2D eigenvalue weighted by Crippen LogP contribution is -2.49. The second kappa shape index (κ2) is 13.6. The normalized spacial score (nSPS) is 19.2. The maximum atomic E-state index is 12.3. The highest BCUT2D eigenvalue weighted by Gasteiger charge is 2.26. The number of hydrogen-bond donors (Lipinski definition) is 5. The summed E-state index contributed by atoms with van der Waals surface area (Å²) in [6.07, 6.45) is 6.39. The van der Waals surface area contributed by atoms with E-state index in [0.717, 1.165) is 11.9 Å². The number of hydrogen-bond acceptors (Lipinski definition) is 9. The molecule has 0 saturated carbocycles. The molecule has 13 heteroatoms. The Hall–Kier alpha value is -2.74. The Morgan fingerprint density at radius 2 is 1.91 bits per heavy atom. The minimum atomic E-state index is -1.24. The van der Waals surface area contributed by atoms with Gasteiger partial charge in [-0.15, -0.1) is 0 Å². The zero-order chi connectivity index (χ0) is 24.1. The summed E-state index contributed by atoms with van der Waals surface area (Å²) in [5, 5.41) is 22.2. The molecule has 0 saturated heterocycles. The molecule has 0 aromatic rings. The number of methoxy groups -OCH3 is 1. The molecule has 32 heavy (non-hydrogen) atoms. The molecule has 0 bridgehead atoms. The number of amides is 2. The first-order chi connectivity index (χ1) is 15.1. The van der Waals surface area contributed by atoms with Crippen molar-refractivity contribution in [1.82, 2.24) is 10.6 Å². The average molecular weight is 473 g/mol. The average Bonchev–Trinajstić information content (AvgIpc) is 2.76. The third-order valence-electron chi connectivity index (χ3n) is 4.14. The zero-order valence-electron chi connectivity index (χ0n) is 17.8. The predicted octanol–water partition coefficient (Wildman–Crippen LogP) is -0.541. The molecular weight excluding hydrogens is 444 g/mol. The van der Waals surface area contributed by atoms with Gasteiger partial charge in [-0.25, -0.2) is 4.40 Å². The fraction of sp³-hybridized carbons (Fsp3) is 0.526. The van der Waals surface area contributed by atoms with Crippen LogP contribution in [0, 0.1) is 0 Å². The maximum absolute atomic E-state index is 12.3. The van der Waals surface area contributed by atoms with Gasteiger partial charge in [0.2, 0.25) is 17.6 Å². The van der Waals surface area contributed by atoms with Crippen LogP contribution in [0.2, 0.25) is 0 Å². The molecule has 6 N–H and O–H groups in total. The van der Waals surface area contributed by atoms with Gasteiger partial charge >= 0.3 is 11.9 Å². The third kappa shape index (κ3) is 9.60. The minimum Gasteiger partial charge on any atom is -0.480 e. The number of nitrogens with zero attached hydrogens (tertiary/aromatic N) is 1. The van der Waals surface area contributed by atoms with E-state index in [1.165, 1.54) is 7.11 Å². The third-order valence-corrected chi connectivity index (χ3v) is 4.96. The summed E-state index contributed by atoms with van der Waals surface area (Å²) in [6.45, 7) is 1.66. The van der Waals surface area contributed by atoms with E-state index in [9.17, 15) is 19.2 Å². The van der Waals surface area contributed by atoms with E-state index in [4.69, 9.17) is 25.4 Å². The molecule has 2 atom stereocenters. The standard InChI is InChI=1S/C19H28N4O8S/c1-3-31-19(30-2)8-6-12(7-9-19)23-32-11-14(17(27)21-10-16(25)26)22-15(24)5-4-13(20)18(28)29/h6-9,13-14H,3-5,10-11,20H2,1-2H3,(H,21,27)(H,22,24)(H,25,26)(H,28,29)/t13-,14-,19?/m0/s1. The van der Waals surface area contributed by atoms with Crippen molar-refractivity contribution in [1.29, 1.82) is 0 Å². The first-order valence-electron chi connectivity index (χ1n) is 9.67. The highest BCUT2D eigenvalue weighted by atomic mass is 32.2. The summed E-state index contributed by atoms with van der Waals surface area (Å²) < 4.78 is 15.1. The van der Waals surface area contributed by atoms with E-state index in [2.05, 4.69) is 15.0 Å². The molecule has 0 fully saturated rings. The van der Waals surface area contributed by atoms with Crippen LogP contribution in [0.5, 0.6) is 0 Å². The Balaban J connectivity index is 2.72. The van der Waals surface area contributed by atoms with Crippen molar-refractivity contribution in [3.63, 3.8) is 0 Å². The number of nitrogens with two attached hydrogens (primary N) is 1. The summed E-state index contributed by atoms with van der Waals surface area (Å²) in [6, 6.07) is -2.29. The van der Waals surface area contributed by atoms with E-state index in [-0.39, 0.29) is 18.6 Å². The lowest BCUT2D eigenvalue weighted by atomic mass is 10.1. The van der Waals surface area contributed by atoms with Gasteiger partial charge in [-0.3, -0.25) is 19.2 Å². The molecule has 12 nitrogen and oxygen atoms in total. The van der Waals surface area contributed by atoms with Crippen molar-refractivity contribution >= 4 is 41.4 Å². The Morgan fingerprint density at radius 1 is 1.25 bits per heavy atom. The highest BCUT2D eigenvalue weighted by molar-refractivity contribution is 7.98. The van der Waals surface area contributed by atoms with Crippen molar-refractivity contribution in [2.24, 2.45) is 10.1 Å². The van der Waals surface area contributed by atoms with Crippen molar-refractivity contribution in [2.75, 3.05) is 26.0 Å². The van der Waals surface area contributed by atoms with Gasteiger partial charge in [-0.05, 0) is 49.6 Å². The lowest BCUT2D eigenvalue weighted by Gasteiger charge is -2.27. The topological polar surface area (TPSA) is 190 Å². The van der Waals surface area contributed by atoms with Crippen LogP contribution in [0.1, 0.15) is 19.8 Å². The molecule has 0 aliphatic heterocycles. The minimum absolute atomic E-state index is 0.00817. The van der Waals surface area contributed by atoms with Gasteiger partial charge in [0.25, 0.3) is 0 Å². The molecule has 1 aliphatic rings. The quantitative estimate of drug-likeness (QED) is 0.162. The monoisotopic (exact) mass is 472 g/mol. The van der Waals surface area contributed by atoms with Crippen LogP contribution in [0.4, 0.5) is 0 Å². The fourth-order valence-corrected chi connectivity index (χ4v) is 3.15. The molecule has 0 spiro atoms. The van der Waals surface area contributed by atoms with E-state index in [1.807, 2.05) is 6.92 Å². The van der Waals surface area contributed by atoms with Crippen LogP contribution in [-0.2, 0) is 28.7 Å². The fourth-order valence-electron chi connectivity index (χ4n) is 2.42. The number of nitrogens with one attached hydrogen (secondary N) is 2. The van der Waals surface area contributed by atoms with E-state index in [1.54, 1.807) is 24.3 Å². The Kier molecular flexibility index (Phi) is 11.6. The summed E-state index contributed by atoms with van der Waals surface area (Å²) in [5.41, 5.74) is 5.93. The number of ether oxygens (including phenoxy) is 2. The van der Waals surface area contributed by atoms with Crippen molar-refractivity contribution in [3.05, 3.63) is 24.3 Å². The van der Waals surface area contributed by atoms with Gasteiger partial charge in [-0.2, -0.15) is 0 Å². The second-order valence-corrected chi connectivity index (χ2v) is 7.33. The van der Waals surface area contributed by atoms with E-state index >= 15 is 0 Å². The number of carboxylic acid groups (broad SMARTS) is 2. The summed E-state index contributed by atoms with van der Waals surface area (Å²) in [4.78, 5) is 45.8. The SMILES string of the molecule is CCOC1(OC)C=CC(=NSC[C@H](NC(=O)CC[C@H](N)C(=O)O)C(=O)NCC(=O)O)C=C1. The Morgan fingerprint density at radius 3 is 2.44 bits per heavy atom. The van der Waals surface area contributed by atoms with Gasteiger partial charge in [-0.1, -0.05) is 0 Å². The highest BCUT2D eigenvalue weighted by Crippen LogP contribution is 2.21. The van der Waals surface area contributed by atoms with Crippen LogP contribution in [0.3, 0.4) is 0 Å². The molecular formula is C19H28N4O8S. The predicted molar refractivity (Wildman–Crippen MR) is 117 cm³/mol. The molecule has 2 amide bonds. The largest absolute Gasteiger partial charge is 0.480 e. The van der Waals surface area contributed by atoms with Gasteiger partial charge in [0.15, 0.2) is 0 Å². The Labute approximate surface area is 189 Å². The number of rotatable bonds is 14. The van der Waals surface area contributed by atoms with Gasteiger partial charge in [0, 0.05) is 25.9 Å². The van der Waals surface area contributed by atoms with Crippen molar-refractivity contribution in [2.45, 2.75) is 37.6 Å². The first-order valence-corrected chi connectivity index (χ1v) is 10.6. The number of allylic oxidation sites excluding steroid dienone is 2. The van der Waals surface area contributed by atoms with E-state index in [0.29, 0.717) is 12.3 Å². The van der Waals surface area contributed by atoms with E-state index < -0.39 is 48.2 Å². The van der Waals surface area contributed by atoms with Gasteiger partial charge in [0.05, 0.1) is 5.71 Å². The first kappa shape index (κ1) is 27.3. The van der Waals surface area contributed by atoms with Crippen molar-refractivity contribution in [3.8, 4) is 0 Å². The van der Waals surface area contributed by atoms with Gasteiger partial charge in [0.1, 0.15) is 18.6 Å². The molecule has 0 aromatic carbocycles. The van der Waals surface area contributed by atoms with Crippen LogP contribution in [0.15, 0.2) is 28.7 Å².